The van der Waals surface area contributed by atoms with Gasteiger partial charge in [0.05, 0.1) is 11.6 Å². The molecule has 1 aliphatic rings. The number of hydrogen-bond acceptors (Lipinski definition) is 5. The van der Waals surface area contributed by atoms with Gasteiger partial charge in [-0.05, 0) is 43.0 Å². The molecular weight excluding hydrogens is 238 g/mol. The Kier molecular flexibility index (Phi) is 2.76. The molecule has 0 radical (unpaired) electrons. The summed E-state index contributed by atoms with van der Waals surface area (Å²) < 4.78 is 0. The number of benzene rings is 1. The number of nitrogen functional groups attached to an aromatic ring is 1. The van der Waals surface area contributed by atoms with Gasteiger partial charge in [0, 0.05) is 23.3 Å². The molecule has 1 heterocycles. The van der Waals surface area contributed by atoms with Crippen LogP contribution in [-0.4, -0.2) is 9.97 Å². The summed E-state index contributed by atoms with van der Waals surface area (Å²) in [6, 6.07) is 7.20. The minimum atomic E-state index is 0.517. The molecule has 5 nitrogen and oxygen atoms in total. The second kappa shape index (κ2) is 4.58. The van der Waals surface area contributed by atoms with Gasteiger partial charge in [0.25, 0.3) is 0 Å². The number of anilines is 3. The van der Waals surface area contributed by atoms with E-state index in [4.69, 9.17) is 11.0 Å². The van der Waals surface area contributed by atoms with Crippen molar-refractivity contribution >= 4 is 17.3 Å². The molecule has 1 aliphatic carbocycles. The molecule has 1 aromatic carbocycles. The molecule has 0 unspecified atom stereocenters. The molecule has 0 saturated heterocycles. The SMILES string of the molecule is N#Cc1cc(N)cc(Nc2ncc3c(n2)CCC3)c1. The second-order valence-corrected chi connectivity index (χ2v) is 4.60. The van der Waals surface area contributed by atoms with Crippen LogP contribution in [-0.2, 0) is 12.8 Å². The van der Waals surface area contributed by atoms with Crippen LogP contribution in [0.4, 0.5) is 17.3 Å². The van der Waals surface area contributed by atoms with Gasteiger partial charge in [0.2, 0.25) is 5.95 Å². The molecule has 3 rings (SSSR count). The van der Waals surface area contributed by atoms with E-state index in [0.29, 0.717) is 17.2 Å². The molecule has 0 aliphatic heterocycles. The van der Waals surface area contributed by atoms with Crippen molar-refractivity contribution in [1.82, 2.24) is 9.97 Å². The van der Waals surface area contributed by atoms with Crippen LogP contribution >= 0.6 is 0 Å². The predicted octanol–water partition coefficient (Wildman–Crippen LogP) is 2.16. The highest BCUT2D eigenvalue weighted by atomic mass is 15.1. The molecule has 19 heavy (non-hydrogen) atoms. The number of nitrogens with zero attached hydrogens (tertiary/aromatic N) is 3. The fourth-order valence-corrected chi connectivity index (χ4v) is 2.29. The van der Waals surface area contributed by atoms with Gasteiger partial charge in [-0.2, -0.15) is 5.26 Å². The van der Waals surface area contributed by atoms with Crippen LogP contribution in [0.3, 0.4) is 0 Å². The van der Waals surface area contributed by atoms with E-state index in [1.54, 1.807) is 18.2 Å². The molecule has 0 spiro atoms. The average Bonchev–Trinajstić information content (AvgIpc) is 2.85. The zero-order valence-electron chi connectivity index (χ0n) is 10.3. The third-order valence-corrected chi connectivity index (χ3v) is 3.15. The molecule has 94 valence electrons. The smallest absolute Gasteiger partial charge is 0.227 e. The van der Waals surface area contributed by atoms with Gasteiger partial charge in [0.15, 0.2) is 0 Å². The Balaban J connectivity index is 1.89. The van der Waals surface area contributed by atoms with Crippen molar-refractivity contribution in [2.45, 2.75) is 19.3 Å². The molecule has 5 heteroatoms. The molecular formula is C14H13N5. The van der Waals surface area contributed by atoms with Crippen molar-refractivity contribution in [1.29, 1.82) is 5.26 Å². The molecule has 0 bridgehead atoms. The van der Waals surface area contributed by atoms with Gasteiger partial charge in [-0.25, -0.2) is 9.97 Å². The summed E-state index contributed by atoms with van der Waals surface area (Å²) in [6.45, 7) is 0. The zero-order chi connectivity index (χ0) is 13.2. The molecule has 0 amide bonds. The Labute approximate surface area is 111 Å². The lowest BCUT2D eigenvalue weighted by atomic mass is 10.2. The normalized spacial score (nSPS) is 12.8. The number of aromatic nitrogens is 2. The number of nitriles is 1. The molecule has 0 saturated carbocycles. The topological polar surface area (TPSA) is 87.6 Å². The molecule has 0 atom stereocenters. The fraction of sp³-hybridized carbons (Fsp3) is 0.214. The fourth-order valence-electron chi connectivity index (χ4n) is 2.29. The highest BCUT2D eigenvalue weighted by Gasteiger charge is 2.13. The zero-order valence-corrected chi connectivity index (χ0v) is 10.3. The maximum Gasteiger partial charge on any atom is 0.227 e. The van der Waals surface area contributed by atoms with E-state index in [-0.39, 0.29) is 0 Å². The first-order valence-electron chi connectivity index (χ1n) is 6.17. The highest BCUT2D eigenvalue weighted by molar-refractivity contribution is 5.63. The van der Waals surface area contributed by atoms with Gasteiger partial charge in [-0.15, -0.1) is 0 Å². The molecule has 1 aromatic heterocycles. The van der Waals surface area contributed by atoms with E-state index in [1.165, 1.54) is 5.56 Å². The van der Waals surface area contributed by atoms with E-state index in [9.17, 15) is 0 Å². The summed E-state index contributed by atoms with van der Waals surface area (Å²) in [7, 11) is 0. The van der Waals surface area contributed by atoms with Gasteiger partial charge < -0.3 is 11.1 Å². The minimum Gasteiger partial charge on any atom is -0.399 e. The Morgan fingerprint density at radius 3 is 3.00 bits per heavy atom. The standard InChI is InChI=1S/C14H13N5/c15-7-9-4-11(16)6-12(5-9)18-14-17-8-10-2-1-3-13(10)19-14/h4-6,8H,1-3,16H2,(H,17,18,19). The van der Waals surface area contributed by atoms with E-state index in [1.807, 2.05) is 6.20 Å². The summed E-state index contributed by atoms with van der Waals surface area (Å²) in [5, 5.41) is 12.0. The van der Waals surface area contributed by atoms with Crippen molar-refractivity contribution < 1.29 is 0 Å². The number of hydrogen-bond donors (Lipinski definition) is 2. The van der Waals surface area contributed by atoms with Crippen LogP contribution in [0.2, 0.25) is 0 Å². The van der Waals surface area contributed by atoms with Crippen molar-refractivity contribution in [2.75, 3.05) is 11.1 Å². The first-order valence-corrected chi connectivity index (χ1v) is 6.17. The van der Waals surface area contributed by atoms with Crippen LogP contribution in [0.25, 0.3) is 0 Å². The Bertz CT molecular complexity index is 672. The number of nitrogens with one attached hydrogen (secondary N) is 1. The first-order chi connectivity index (χ1) is 9.24. The van der Waals surface area contributed by atoms with E-state index >= 15 is 0 Å². The number of rotatable bonds is 2. The average molecular weight is 251 g/mol. The third kappa shape index (κ3) is 2.33. The van der Waals surface area contributed by atoms with Crippen LogP contribution in [0.1, 0.15) is 23.2 Å². The number of fused-ring (bicyclic) bond motifs is 1. The van der Waals surface area contributed by atoms with E-state index in [0.717, 1.165) is 30.6 Å². The monoisotopic (exact) mass is 251 g/mol. The Morgan fingerprint density at radius 2 is 2.16 bits per heavy atom. The lowest BCUT2D eigenvalue weighted by molar-refractivity contribution is 0.900. The first kappa shape index (κ1) is 11.5. The second-order valence-electron chi connectivity index (χ2n) is 4.60. The third-order valence-electron chi connectivity index (χ3n) is 3.15. The highest BCUT2D eigenvalue weighted by Crippen LogP contribution is 2.23. The largest absolute Gasteiger partial charge is 0.399 e. The van der Waals surface area contributed by atoms with Crippen LogP contribution in [0, 0.1) is 11.3 Å². The molecule has 3 N–H and O–H groups in total. The van der Waals surface area contributed by atoms with Crippen molar-refractivity contribution in [2.24, 2.45) is 0 Å². The van der Waals surface area contributed by atoms with Gasteiger partial charge >= 0.3 is 0 Å². The molecule has 0 fully saturated rings. The predicted molar refractivity (Wildman–Crippen MR) is 72.9 cm³/mol. The Hall–Kier alpha value is -2.61. The number of aryl methyl sites for hydroxylation is 2. The van der Waals surface area contributed by atoms with Crippen LogP contribution in [0.15, 0.2) is 24.4 Å². The maximum absolute atomic E-state index is 8.91. The summed E-state index contributed by atoms with van der Waals surface area (Å²) in [4.78, 5) is 8.77. The summed E-state index contributed by atoms with van der Waals surface area (Å²) in [6.07, 6.45) is 5.08. The maximum atomic E-state index is 8.91. The van der Waals surface area contributed by atoms with Crippen molar-refractivity contribution in [3.63, 3.8) is 0 Å². The summed E-state index contributed by atoms with van der Waals surface area (Å²) in [5.41, 5.74) is 9.88. The van der Waals surface area contributed by atoms with Gasteiger partial charge in [-0.1, -0.05) is 0 Å². The lowest BCUT2D eigenvalue weighted by Crippen LogP contribution is -2.01. The van der Waals surface area contributed by atoms with Crippen molar-refractivity contribution in [3.05, 3.63) is 41.2 Å². The summed E-state index contributed by atoms with van der Waals surface area (Å²) in [5.74, 6) is 0.551. The van der Waals surface area contributed by atoms with E-state index < -0.39 is 0 Å². The van der Waals surface area contributed by atoms with E-state index in [2.05, 4.69) is 21.4 Å². The quantitative estimate of drug-likeness (QED) is 0.798. The summed E-state index contributed by atoms with van der Waals surface area (Å²) >= 11 is 0. The Morgan fingerprint density at radius 1 is 1.26 bits per heavy atom. The van der Waals surface area contributed by atoms with Crippen molar-refractivity contribution in [3.8, 4) is 6.07 Å². The van der Waals surface area contributed by atoms with Gasteiger partial charge in [-0.3, -0.25) is 0 Å². The minimum absolute atomic E-state index is 0.517. The van der Waals surface area contributed by atoms with Crippen LogP contribution in [0.5, 0.6) is 0 Å². The molecule has 2 aromatic rings. The van der Waals surface area contributed by atoms with Crippen LogP contribution < -0.4 is 11.1 Å². The lowest BCUT2D eigenvalue weighted by Gasteiger charge is -2.07. The number of nitrogens with two attached hydrogens (primary N) is 1. The van der Waals surface area contributed by atoms with Gasteiger partial charge in [0.1, 0.15) is 0 Å².